The summed E-state index contributed by atoms with van der Waals surface area (Å²) >= 11 is 0. The zero-order valence-electron chi connectivity index (χ0n) is 34.7. The number of carboxylic acid groups (broad SMARTS) is 1. The lowest BCUT2D eigenvalue weighted by molar-refractivity contribution is -0.145. The smallest absolute Gasteiger partial charge is 0.328 e. The fourth-order valence-electron chi connectivity index (χ4n) is 5.70. The van der Waals surface area contributed by atoms with E-state index >= 15 is 0 Å². The van der Waals surface area contributed by atoms with Crippen LogP contribution in [0.5, 0.6) is 5.75 Å². The van der Waals surface area contributed by atoms with Crippen molar-refractivity contribution in [1.29, 1.82) is 0 Å². The standard InChI is InChI=1S/C39H57N11O13/c1-20(52)31(49-30(56)18-44-29(55)17-40)37(61)47-26(15-22-7-4-3-5-8-22)34(58)48-28(19-51)36(60)45-25(9-6-14-43-39(41)42)33(57)46-27(16-23-10-12-24(54)13-11-23)35(59)50-32(21(2)53)38(62)63/h3-5,7-8,10-13,20-21,25-28,31-32,51-54H,6,9,14-19,40H2,1-2H3,(H,44,55)(H,45,60)(H,46,57)(H,47,61)(H,48,58)(H,49,56)(H,50,59)(H,62,63)(H4,41,42,43)/t20-,21-,25+,26+,27+,28+,31+,32+/m1/s1. The first-order chi connectivity index (χ1) is 29.7. The minimum atomic E-state index is -1.77. The first kappa shape index (κ1) is 52.2. The van der Waals surface area contributed by atoms with Gasteiger partial charge in [-0.3, -0.25) is 38.6 Å². The number of guanidine groups is 1. The van der Waals surface area contributed by atoms with Gasteiger partial charge in [0, 0.05) is 19.4 Å². The molecule has 0 aliphatic carbocycles. The fraction of sp³-hybridized carbons (Fsp3) is 0.462. The van der Waals surface area contributed by atoms with Gasteiger partial charge in [-0.05, 0) is 49.9 Å². The number of amides is 7. The predicted molar refractivity (Wildman–Crippen MR) is 224 cm³/mol. The van der Waals surface area contributed by atoms with Crippen molar-refractivity contribution in [3.63, 3.8) is 0 Å². The summed E-state index contributed by atoms with van der Waals surface area (Å²) in [7, 11) is 0. The Morgan fingerprint density at radius 3 is 1.65 bits per heavy atom. The average molecular weight is 888 g/mol. The summed E-state index contributed by atoms with van der Waals surface area (Å²) in [5, 5.41) is 66.2. The van der Waals surface area contributed by atoms with Gasteiger partial charge in [-0.15, -0.1) is 0 Å². The maximum absolute atomic E-state index is 13.9. The van der Waals surface area contributed by atoms with Gasteiger partial charge in [-0.2, -0.15) is 0 Å². The molecule has 2 aromatic carbocycles. The molecule has 0 spiro atoms. The van der Waals surface area contributed by atoms with Crippen LogP contribution in [0, 0.1) is 0 Å². The number of aromatic hydroxyl groups is 1. The van der Waals surface area contributed by atoms with Crippen molar-refractivity contribution >= 4 is 53.3 Å². The lowest BCUT2D eigenvalue weighted by Gasteiger charge is -2.27. The van der Waals surface area contributed by atoms with E-state index in [4.69, 9.17) is 17.2 Å². The molecule has 8 atom stereocenters. The molecule has 346 valence electrons. The maximum atomic E-state index is 13.9. The van der Waals surface area contributed by atoms with E-state index in [0.717, 1.165) is 6.92 Å². The number of carbonyl (C=O) groups excluding carboxylic acids is 7. The molecule has 24 nitrogen and oxygen atoms in total. The monoisotopic (exact) mass is 887 g/mol. The molecular weight excluding hydrogens is 830 g/mol. The summed E-state index contributed by atoms with van der Waals surface area (Å²) in [4.78, 5) is 108. The molecule has 63 heavy (non-hydrogen) atoms. The number of aliphatic hydroxyl groups excluding tert-OH is 3. The zero-order chi connectivity index (χ0) is 47.2. The normalized spacial score (nSPS) is 14.6. The summed E-state index contributed by atoms with van der Waals surface area (Å²) in [6.07, 6.45) is -3.62. The Balaban J connectivity index is 2.39. The summed E-state index contributed by atoms with van der Waals surface area (Å²) < 4.78 is 0. The number of carboxylic acids is 1. The van der Waals surface area contributed by atoms with Crippen molar-refractivity contribution in [2.24, 2.45) is 22.2 Å². The molecule has 0 fully saturated rings. The van der Waals surface area contributed by atoms with Crippen LogP contribution < -0.4 is 54.4 Å². The van der Waals surface area contributed by atoms with E-state index in [2.05, 4.69) is 42.2 Å². The SMILES string of the molecule is C[C@@H](O)[C@H](NC(=O)[C@H](Cc1ccc(O)cc1)NC(=O)[C@H](CCCN=C(N)N)NC(=O)[C@H](CO)NC(=O)[C@H](Cc1ccccc1)NC(=O)[C@@H](NC(=O)CNC(=O)CN)[C@@H](C)O)C(=O)O. The Kier molecular flexibility index (Phi) is 21.9. The number of phenols is 1. The number of aliphatic carboxylic acids is 1. The summed E-state index contributed by atoms with van der Waals surface area (Å²) in [5.74, 6) is -8.64. The van der Waals surface area contributed by atoms with Crippen molar-refractivity contribution in [2.45, 2.75) is 88.0 Å². The largest absolute Gasteiger partial charge is 0.508 e. The molecule has 0 aliphatic heterocycles. The highest BCUT2D eigenvalue weighted by Gasteiger charge is 2.35. The van der Waals surface area contributed by atoms with Crippen LogP contribution in [0.15, 0.2) is 59.6 Å². The molecule has 0 heterocycles. The van der Waals surface area contributed by atoms with Crippen LogP contribution in [-0.2, 0) is 51.2 Å². The molecule has 0 unspecified atom stereocenters. The van der Waals surface area contributed by atoms with Gasteiger partial charge in [-0.25, -0.2) is 4.79 Å². The van der Waals surface area contributed by atoms with Crippen LogP contribution >= 0.6 is 0 Å². The molecule has 2 aromatic rings. The Labute approximate surface area is 361 Å². The third kappa shape index (κ3) is 18.7. The first-order valence-electron chi connectivity index (χ1n) is 19.6. The number of nitrogens with one attached hydrogen (secondary N) is 7. The van der Waals surface area contributed by atoms with Gasteiger partial charge in [0.05, 0.1) is 31.9 Å². The molecule has 24 heteroatoms. The average Bonchev–Trinajstić information content (AvgIpc) is 3.23. The molecule has 0 bridgehead atoms. The number of nitrogens with two attached hydrogens (primary N) is 3. The Morgan fingerprint density at radius 2 is 1.13 bits per heavy atom. The highest BCUT2D eigenvalue weighted by atomic mass is 16.4. The summed E-state index contributed by atoms with van der Waals surface area (Å²) in [5.41, 5.74) is 17.0. The second-order valence-corrected chi connectivity index (χ2v) is 14.3. The van der Waals surface area contributed by atoms with Crippen LogP contribution in [0.2, 0.25) is 0 Å². The van der Waals surface area contributed by atoms with Gasteiger partial charge < -0.3 is 80.0 Å². The van der Waals surface area contributed by atoms with Crippen molar-refractivity contribution in [3.8, 4) is 5.75 Å². The molecule has 0 aliphatic rings. The number of hydrogen-bond donors (Lipinski definition) is 15. The molecule has 18 N–H and O–H groups in total. The van der Waals surface area contributed by atoms with E-state index in [1.165, 1.54) is 31.2 Å². The molecule has 0 radical (unpaired) electrons. The van der Waals surface area contributed by atoms with Crippen molar-refractivity contribution in [2.75, 3.05) is 26.2 Å². The maximum Gasteiger partial charge on any atom is 0.328 e. The highest BCUT2D eigenvalue weighted by Crippen LogP contribution is 2.13. The number of aliphatic imine (C=N–C) groups is 1. The number of benzene rings is 2. The molecule has 7 amide bonds. The summed E-state index contributed by atoms with van der Waals surface area (Å²) in [6.45, 7) is 0.273. The van der Waals surface area contributed by atoms with Gasteiger partial charge in [-0.1, -0.05) is 42.5 Å². The third-order valence-corrected chi connectivity index (χ3v) is 9.08. The van der Waals surface area contributed by atoms with E-state index in [9.17, 15) is 63.9 Å². The quantitative estimate of drug-likeness (QED) is 0.0238. The van der Waals surface area contributed by atoms with Crippen LogP contribution in [0.1, 0.15) is 37.8 Å². The van der Waals surface area contributed by atoms with Gasteiger partial charge in [0.2, 0.25) is 41.4 Å². The van der Waals surface area contributed by atoms with Crippen LogP contribution in [0.3, 0.4) is 0 Å². The van der Waals surface area contributed by atoms with Gasteiger partial charge in [0.25, 0.3) is 0 Å². The summed E-state index contributed by atoms with van der Waals surface area (Å²) in [6, 6.07) is 4.06. The van der Waals surface area contributed by atoms with Crippen LogP contribution in [0.25, 0.3) is 0 Å². The molecule has 2 rings (SSSR count). The number of carbonyl (C=O) groups is 8. The third-order valence-electron chi connectivity index (χ3n) is 9.08. The van der Waals surface area contributed by atoms with E-state index in [-0.39, 0.29) is 43.9 Å². The number of rotatable bonds is 26. The van der Waals surface area contributed by atoms with E-state index in [1.807, 2.05) is 0 Å². The van der Waals surface area contributed by atoms with E-state index < -0.39 is 115 Å². The molecular formula is C39H57N11O13. The van der Waals surface area contributed by atoms with Crippen LogP contribution in [0.4, 0.5) is 0 Å². The van der Waals surface area contributed by atoms with Crippen molar-refractivity contribution in [1.82, 2.24) is 37.2 Å². The van der Waals surface area contributed by atoms with Crippen LogP contribution in [-0.4, -0.2) is 154 Å². The van der Waals surface area contributed by atoms with Crippen molar-refractivity contribution in [3.05, 3.63) is 65.7 Å². The Morgan fingerprint density at radius 1 is 0.635 bits per heavy atom. The Bertz CT molecular complexity index is 1900. The van der Waals surface area contributed by atoms with E-state index in [1.54, 1.807) is 30.3 Å². The second-order valence-electron chi connectivity index (χ2n) is 14.3. The lowest BCUT2D eigenvalue weighted by atomic mass is 10.0. The minimum absolute atomic E-state index is 0.0225. The number of aliphatic hydroxyl groups is 3. The van der Waals surface area contributed by atoms with Gasteiger partial charge in [0.1, 0.15) is 36.0 Å². The zero-order valence-corrected chi connectivity index (χ0v) is 34.7. The van der Waals surface area contributed by atoms with E-state index in [0.29, 0.717) is 11.1 Å². The minimum Gasteiger partial charge on any atom is -0.508 e. The highest BCUT2D eigenvalue weighted by molar-refractivity contribution is 5.97. The van der Waals surface area contributed by atoms with Crippen molar-refractivity contribution < 1.29 is 63.9 Å². The Hall–Kier alpha value is -6.89. The van der Waals surface area contributed by atoms with Gasteiger partial charge >= 0.3 is 5.97 Å². The molecule has 0 aromatic heterocycles. The topological polar surface area (TPSA) is 412 Å². The first-order valence-corrected chi connectivity index (χ1v) is 19.6. The fourth-order valence-corrected chi connectivity index (χ4v) is 5.70. The molecule has 0 saturated heterocycles. The molecule has 0 saturated carbocycles. The predicted octanol–water partition coefficient (Wildman–Crippen LogP) is -5.95. The van der Waals surface area contributed by atoms with Gasteiger partial charge in [0.15, 0.2) is 12.0 Å². The lowest BCUT2D eigenvalue weighted by Crippen LogP contribution is -2.61. The number of phenolic OH excluding ortho intramolecular Hbond substituents is 1. The number of nitrogens with zero attached hydrogens (tertiary/aromatic N) is 1. The second kappa shape index (κ2) is 26.4. The number of hydrogen-bond acceptors (Lipinski definition) is 14.